The van der Waals surface area contributed by atoms with Crippen molar-refractivity contribution in [1.29, 1.82) is 0 Å². The monoisotopic (exact) mass is 324 g/mol. The van der Waals surface area contributed by atoms with Crippen LogP contribution in [0.1, 0.15) is 6.92 Å². The molecule has 16 heavy (non-hydrogen) atoms. The molecule has 0 amide bonds. The summed E-state index contributed by atoms with van der Waals surface area (Å²) < 4.78 is 0.736. The molecular formula is C9H11BrCl2N4. The van der Waals surface area contributed by atoms with Gasteiger partial charge in [0.2, 0.25) is 5.96 Å². The van der Waals surface area contributed by atoms with Gasteiger partial charge in [0.05, 0.1) is 15.7 Å². The van der Waals surface area contributed by atoms with E-state index < -0.39 is 0 Å². The molecule has 0 radical (unpaired) electrons. The summed E-state index contributed by atoms with van der Waals surface area (Å²) in [5.41, 5.74) is 3.08. The Morgan fingerprint density at radius 1 is 1.44 bits per heavy atom. The molecule has 0 saturated carbocycles. The second-order valence-electron chi connectivity index (χ2n) is 2.82. The first kappa shape index (κ1) is 13.6. The van der Waals surface area contributed by atoms with Crippen LogP contribution in [-0.4, -0.2) is 12.5 Å². The fourth-order valence-corrected chi connectivity index (χ4v) is 1.85. The van der Waals surface area contributed by atoms with E-state index in [1.54, 1.807) is 12.1 Å². The largest absolute Gasteiger partial charge is 0.324 e. The fourth-order valence-electron chi connectivity index (χ4n) is 1.03. The highest BCUT2D eigenvalue weighted by molar-refractivity contribution is 9.10. The Labute approximate surface area is 112 Å². The van der Waals surface area contributed by atoms with Gasteiger partial charge in [0.1, 0.15) is 0 Å². The quantitative estimate of drug-likeness (QED) is 0.257. The molecule has 0 aliphatic carbocycles. The van der Waals surface area contributed by atoms with Gasteiger partial charge < -0.3 is 5.32 Å². The zero-order valence-corrected chi connectivity index (χ0v) is 11.6. The number of aliphatic imine (C=N–C) groups is 1. The number of anilines is 1. The van der Waals surface area contributed by atoms with E-state index in [9.17, 15) is 0 Å². The van der Waals surface area contributed by atoms with Gasteiger partial charge in [0.15, 0.2) is 0 Å². The smallest absolute Gasteiger partial charge is 0.210 e. The van der Waals surface area contributed by atoms with Gasteiger partial charge in [0, 0.05) is 11.0 Å². The van der Waals surface area contributed by atoms with Crippen LogP contribution in [0.4, 0.5) is 5.69 Å². The van der Waals surface area contributed by atoms with Crippen molar-refractivity contribution in [1.82, 2.24) is 5.43 Å². The molecule has 0 atom stereocenters. The number of guanidine groups is 1. The molecule has 1 rings (SSSR count). The van der Waals surface area contributed by atoms with Crippen LogP contribution >= 0.6 is 39.1 Å². The minimum atomic E-state index is 0.412. The van der Waals surface area contributed by atoms with Crippen LogP contribution in [0.25, 0.3) is 0 Å². The lowest BCUT2D eigenvalue weighted by Gasteiger charge is -2.11. The summed E-state index contributed by atoms with van der Waals surface area (Å²) in [6.07, 6.45) is 0. The maximum Gasteiger partial charge on any atom is 0.210 e. The lowest BCUT2D eigenvalue weighted by molar-refractivity contribution is 0.986. The molecule has 4 N–H and O–H groups in total. The van der Waals surface area contributed by atoms with Crippen LogP contribution in [0, 0.1) is 0 Å². The lowest BCUT2D eigenvalue weighted by atomic mass is 10.3. The number of nitrogens with zero attached hydrogens (tertiary/aromatic N) is 1. The van der Waals surface area contributed by atoms with Gasteiger partial charge in [-0.1, -0.05) is 23.2 Å². The molecular weight excluding hydrogens is 315 g/mol. The molecule has 0 aliphatic rings. The minimum absolute atomic E-state index is 0.412. The summed E-state index contributed by atoms with van der Waals surface area (Å²) in [6.45, 7) is 2.50. The maximum atomic E-state index is 6.05. The topological polar surface area (TPSA) is 62.4 Å². The highest BCUT2D eigenvalue weighted by Crippen LogP contribution is 2.35. The number of rotatable bonds is 2. The Bertz CT molecular complexity index is 409. The van der Waals surface area contributed by atoms with Crippen molar-refractivity contribution in [2.75, 3.05) is 11.9 Å². The van der Waals surface area contributed by atoms with Crippen LogP contribution in [0.2, 0.25) is 10.0 Å². The van der Waals surface area contributed by atoms with Gasteiger partial charge in [-0.15, -0.1) is 0 Å². The lowest BCUT2D eigenvalue weighted by Crippen LogP contribution is -2.36. The van der Waals surface area contributed by atoms with Crippen molar-refractivity contribution in [2.24, 2.45) is 10.8 Å². The van der Waals surface area contributed by atoms with Crippen molar-refractivity contribution in [3.05, 3.63) is 26.7 Å². The molecule has 0 spiro atoms. The molecule has 0 heterocycles. The second-order valence-corrected chi connectivity index (χ2v) is 4.43. The van der Waals surface area contributed by atoms with Crippen LogP contribution in [0.5, 0.6) is 0 Å². The van der Waals surface area contributed by atoms with Gasteiger partial charge in [0.25, 0.3) is 0 Å². The molecule has 88 valence electrons. The third kappa shape index (κ3) is 3.25. The molecule has 0 fully saturated rings. The summed E-state index contributed by atoms with van der Waals surface area (Å²) >= 11 is 15.3. The third-order valence-corrected chi connectivity index (χ3v) is 3.51. The number of benzene rings is 1. The van der Waals surface area contributed by atoms with E-state index in [1.807, 2.05) is 6.92 Å². The van der Waals surface area contributed by atoms with Crippen molar-refractivity contribution in [3.8, 4) is 0 Å². The number of hydrogen-bond donors (Lipinski definition) is 3. The van der Waals surface area contributed by atoms with Gasteiger partial charge in [-0.3, -0.25) is 10.4 Å². The van der Waals surface area contributed by atoms with E-state index in [0.717, 1.165) is 4.47 Å². The van der Waals surface area contributed by atoms with Crippen molar-refractivity contribution >= 4 is 50.8 Å². The predicted octanol–water partition coefficient (Wildman–Crippen LogP) is 3.01. The molecule has 4 nitrogen and oxygen atoms in total. The maximum absolute atomic E-state index is 6.05. The van der Waals surface area contributed by atoms with Crippen LogP contribution < -0.4 is 16.6 Å². The summed E-state index contributed by atoms with van der Waals surface area (Å²) in [5.74, 6) is 5.73. The molecule has 0 aliphatic heterocycles. The molecule has 0 aromatic heterocycles. The average molecular weight is 326 g/mol. The Morgan fingerprint density at radius 2 is 2.12 bits per heavy atom. The van der Waals surface area contributed by atoms with E-state index in [4.69, 9.17) is 29.0 Å². The molecule has 7 heteroatoms. The highest BCUT2D eigenvalue weighted by atomic mass is 79.9. The molecule has 1 aromatic carbocycles. The van der Waals surface area contributed by atoms with Gasteiger partial charge in [-0.25, -0.2) is 5.84 Å². The second kappa shape index (κ2) is 6.30. The van der Waals surface area contributed by atoms with E-state index in [2.05, 4.69) is 31.7 Å². The normalized spacial score (nSPS) is 11.4. The van der Waals surface area contributed by atoms with Gasteiger partial charge in [-0.2, -0.15) is 0 Å². The number of nitrogens with one attached hydrogen (secondary N) is 2. The average Bonchev–Trinajstić information content (AvgIpc) is 2.29. The zero-order chi connectivity index (χ0) is 12.1. The first-order chi connectivity index (χ1) is 7.60. The van der Waals surface area contributed by atoms with Crippen molar-refractivity contribution in [2.45, 2.75) is 6.92 Å². The van der Waals surface area contributed by atoms with E-state index in [0.29, 0.717) is 28.2 Å². The zero-order valence-electron chi connectivity index (χ0n) is 8.52. The van der Waals surface area contributed by atoms with Crippen molar-refractivity contribution < 1.29 is 0 Å². The summed E-state index contributed by atoms with van der Waals surface area (Å²) in [7, 11) is 0. The third-order valence-electron chi connectivity index (χ3n) is 1.74. The fraction of sp³-hybridized carbons (Fsp3) is 0.222. The van der Waals surface area contributed by atoms with Gasteiger partial charge in [-0.05, 0) is 35.0 Å². The summed E-state index contributed by atoms with van der Waals surface area (Å²) in [4.78, 5) is 4.09. The first-order valence-electron chi connectivity index (χ1n) is 4.51. The number of hydrogen-bond acceptors (Lipinski definition) is 2. The Morgan fingerprint density at radius 3 is 2.69 bits per heavy atom. The first-order valence-corrected chi connectivity index (χ1v) is 6.06. The molecule has 0 unspecified atom stereocenters. The minimum Gasteiger partial charge on any atom is -0.324 e. The van der Waals surface area contributed by atoms with E-state index in [1.165, 1.54) is 0 Å². The predicted molar refractivity (Wildman–Crippen MR) is 73.1 cm³/mol. The number of halogens is 3. The van der Waals surface area contributed by atoms with Gasteiger partial charge >= 0.3 is 0 Å². The Balaban J connectivity index is 2.98. The SMILES string of the molecule is CCN=C(NN)Nc1ccc(Br)c(Cl)c1Cl. The van der Waals surface area contributed by atoms with Crippen LogP contribution in [0.3, 0.4) is 0 Å². The molecule has 1 aromatic rings. The van der Waals surface area contributed by atoms with Crippen molar-refractivity contribution in [3.63, 3.8) is 0 Å². The van der Waals surface area contributed by atoms with E-state index >= 15 is 0 Å². The van der Waals surface area contributed by atoms with Crippen LogP contribution in [-0.2, 0) is 0 Å². The molecule has 0 bridgehead atoms. The standard InChI is InChI=1S/C9H11BrCl2N4/c1-2-14-9(16-13)15-6-4-3-5(10)7(11)8(6)12/h3-4H,2,13H2,1H3,(H2,14,15,16). The number of nitrogens with two attached hydrogens (primary N) is 1. The summed E-state index contributed by atoms with van der Waals surface area (Å²) in [5, 5.41) is 3.80. The van der Waals surface area contributed by atoms with Crippen LogP contribution in [0.15, 0.2) is 21.6 Å². The highest BCUT2D eigenvalue weighted by Gasteiger charge is 2.09. The molecule has 0 saturated heterocycles. The number of hydrazine groups is 1. The Hall–Kier alpha value is -0.490. The van der Waals surface area contributed by atoms with E-state index in [-0.39, 0.29) is 0 Å². The Kier molecular flexibility index (Phi) is 5.34. The summed E-state index contributed by atoms with van der Waals surface area (Å²) in [6, 6.07) is 3.57.